The number of fused-ring (bicyclic) bond motifs is 3. The van der Waals surface area contributed by atoms with Gasteiger partial charge in [0.2, 0.25) is 0 Å². The molecule has 1 aliphatic carbocycles. The second-order valence-corrected chi connectivity index (χ2v) is 8.61. The number of hydrogen-bond acceptors (Lipinski definition) is 5. The van der Waals surface area contributed by atoms with Crippen LogP contribution >= 0.6 is 23.1 Å². The van der Waals surface area contributed by atoms with Gasteiger partial charge in [0.05, 0.1) is 11.1 Å². The van der Waals surface area contributed by atoms with Crippen LogP contribution < -0.4 is 5.56 Å². The number of hydrogen-bond donors (Lipinski definition) is 0. The third-order valence-corrected chi connectivity index (χ3v) is 6.93. The summed E-state index contributed by atoms with van der Waals surface area (Å²) in [7, 11) is 0. The van der Waals surface area contributed by atoms with Crippen molar-refractivity contribution in [3.8, 4) is 0 Å². The summed E-state index contributed by atoms with van der Waals surface area (Å²) < 4.78 is 1.82. The standard InChI is InChI=1S/C19H21N3OS2/c1-3-22-18(23)16-14-8-7-12(2)10-15(14)25-17(16)21-19(22)24-11-13-6-4-5-9-20-13/h4-6,9,12H,3,7-8,10-11H2,1-2H3. The molecule has 0 fully saturated rings. The highest BCUT2D eigenvalue weighted by molar-refractivity contribution is 7.98. The fourth-order valence-electron chi connectivity index (χ4n) is 3.42. The zero-order valence-electron chi connectivity index (χ0n) is 14.5. The Hall–Kier alpha value is -1.66. The molecule has 0 saturated heterocycles. The Morgan fingerprint density at radius 1 is 1.40 bits per heavy atom. The van der Waals surface area contributed by atoms with Gasteiger partial charge in [0.15, 0.2) is 5.16 Å². The molecule has 0 spiro atoms. The smallest absolute Gasteiger partial charge is 0.263 e. The van der Waals surface area contributed by atoms with Crippen LogP contribution in [-0.4, -0.2) is 14.5 Å². The van der Waals surface area contributed by atoms with Gasteiger partial charge in [0, 0.05) is 23.4 Å². The SMILES string of the molecule is CCn1c(SCc2ccccn2)nc2sc3c(c2c1=O)CCC(C)C3. The minimum absolute atomic E-state index is 0.128. The van der Waals surface area contributed by atoms with Crippen molar-refractivity contribution >= 4 is 33.3 Å². The Morgan fingerprint density at radius 2 is 2.28 bits per heavy atom. The predicted molar refractivity (Wildman–Crippen MR) is 105 cm³/mol. The van der Waals surface area contributed by atoms with Gasteiger partial charge in [-0.05, 0) is 49.8 Å². The molecule has 0 amide bonds. The number of thiophene rings is 1. The molecule has 1 unspecified atom stereocenters. The summed E-state index contributed by atoms with van der Waals surface area (Å²) in [6.45, 7) is 4.95. The van der Waals surface area contributed by atoms with Crippen molar-refractivity contribution in [2.45, 2.75) is 50.6 Å². The van der Waals surface area contributed by atoms with Crippen molar-refractivity contribution in [3.05, 3.63) is 50.9 Å². The van der Waals surface area contributed by atoms with Gasteiger partial charge in [0.1, 0.15) is 4.83 Å². The summed E-state index contributed by atoms with van der Waals surface area (Å²) in [4.78, 5) is 24.6. The molecule has 0 radical (unpaired) electrons. The number of rotatable bonds is 4. The number of nitrogens with zero attached hydrogens (tertiary/aromatic N) is 3. The van der Waals surface area contributed by atoms with Crippen LogP contribution in [0.25, 0.3) is 10.2 Å². The Labute approximate surface area is 155 Å². The molecule has 1 atom stereocenters. The molecule has 1 aliphatic rings. The van der Waals surface area contributed by atoms with Crippen molar-refractivity contribution in [1.29, 1.82) is 0 Å². The molecule has 0 aliphatic heterocycles. The van der Waals surface area contributed by atoms with Crippen molar-refractivity contribution in [3.63, 3.8) is 0 Å². The van der Waals surface area contributed by atoms with E-state index in [2.05, 4.69) is 11.9 Å². The highest BCUT2D eigenvalue weighted by Crippen LogP contribution is 2.36. The second kappa shape index (κ2) is 6.92. The summed E-state index contributed by atoms with van der Waals surface area (Å²) in [5.74, 6) is 1.42. The zero-order chi connectivity index (χ0) is 17.4. The lowest BCUT2D eigenvalue weighted by Crippen LogP contribution is -2.23. The lowest BCUT2D eigenvalue weighted by molar-refractivity contribution is 0.509. The predicted octanol–water partition coefficient (Wildman–Crippen LogP) is 4.29. The van der Waals surface area contributed by atoms with Gasteiger partial charge in [-0.1, -0.05) is 24.8 Å². The molecule has 0 N–H and O–H groups in total. The molecule has 3 heterocycles. The molecule has 6 heteroatoms. The largest absolute Gasteiger partial charge is 0.287 e. The first-order chi connectivity index (χ1) is 12.2. The maximum Gasteiger partial charge on any atom is 0.263 e. The van der Waals surface area contributed by atoms with Gasteiger partial charge >= 0.3 is 0 Å². The van der Waals surface area contributed by atoms with E-state index in [1.807, 2.05) is 29.7 Å². The molecule has 0 aromatic carbocycles. The van der Waals surface area contributed by atoms with E-state index in [9.17, 15) is 4.79 Å². The number of pyridine rings is 1. The Bertz CT molecular complexity index is 962. The summed E-state index contributed by atoms with van der Waals surface area (Å²) in [6.07, 6.45) is 5.06. The fraction of sp³-hybridized carbons (Fsp3) is 0.421. The van der Waals surface area contributed by atoms with Crippen LogP contribution in [0.4, 0.5) is 0 Å². The van der Waals surface area contributed by atoms with E-state index in [-0.39, 0.29) is 5.56 Å². The minimum atomic E-state index is 0.128. The summed E-state index contributed by atoms with van der Waals surface area (Å²) in [5, 5.41) is 1.67. The van der Waals surface area contributed by atoms with Gasteiger partial charge in [0.25, 0.3) is 5.56 Å². The molecule has 25 heavy (non-hydrogen) atoms. The topological polar surface area (TPSA) is 47.8 Å². The minimum Gasteiger partial charge on any atom is -0.287 e. The molecule has 3 aromatic rings. The maximum absolute atomic E-state index is 13.1. The van der Waals surface area contributed by atoms with Crippen LogP contribution in [-0.2, 0) is 25.1 Å². The average Bonchev–Trinajstić information content (AvgIpc) is 2.98. The van der Waals surface area contributed by atoms with E-state index in [1.54, 1.807) is 29.3 Å². The molecule has 0 bridgehead atoms. The number of aromatic nitrogens is 3. The van der Waals surface area contributed by atoms with Crippen LogP contribution in [0.5, 0.6) is 0 Å². The van der Waals surface area contributed by atoms with Crippen molar-refractivity contribution in [2.75, 3.05) is 0 Å². The van der Waals surface area contributed by atoms with E-state index in [0.717, 1.165) is 39.7 Å². The maximum atomic E-state index is 13.1. The van der Waals surface area contributed by atoms with E-state index in [1.165, 1.54) is 16.9 Å². The lowest BCUT2D eigenvalue weighted by atomic mass is 9.89. The third-order valence-electron chi connectivity index (χ3n) is 4.77. The van der Waals surface area contributed by atoms with E-state index < -0.39 is 0 Å². The van der Waals surface area contributed by atoms with E-state index >= 15 is 0 Å². The first-order valence-electron chi connectivity index (χ1n) is 8.75. The van der Waals surface area contributed by atoms with Crippen LogP contribution in [0.15, 0.2) is 34.3 Å². The van der Waals surface area contributed by atoms with Crippen LogP contribution in [0.2, 0.25) is 0 Å². The van der Waals surface area contributed by atoms with Gasteiger partial charge < -0.3 is 0 Å². The van der Waals surface area contributed by atoms with Gasteiger partial charge in [-0.15, -0.1) is 11.3 Å². The molecule has 4 nitrogen and oxygen atoms in total. The highest BCUT2D eigenvalue weighted by atomic mass is 32.2. The zero-order valence-corrected chi connectivity index (χ0v) is 16.1. The summed E-state index contributed by atoms with van der Waals surface area (Å²) in [5.41, 5.74) is 2.39. The van der Waals surface area contributed by atoms with Crippen molar-refractivity contribution in [2.24, 2.45) is 5.92 Å². The first-order valence-corrected chi connectivity index (χ1v) is 10.6. The number of aryl methyl sites for hydroxylation is 1. The van der Waals surface area contributed by atoms with Crippen LogP contribution in [0, 0.1) is 5.92 Å². The lowest BCUT2D eigenvalue weighted by Gasteiger charge is -2.17. The van der Waals surface area contributed by atoms with E-state index in [4.69, 9.17) is 4.98 Å². The molecule has 4 rings (SSSR count). The van der Waals surface area contributed by atoms with E-state index in [0.29, 0.717) is 12.5 Å². The Kier molecular flexibility index (Phi) is 4.65. The molecule has 130 valence electrons. The third kappa shape index (κ3) is 3.13. The second-order valence-electron chi connectivity index (χ2n) is 6.59. The highest BCUT2D eigenvalue weighted by Gasteiger charge is 2.24. The van der Waals surface area contributed by atoms with Crippen molar-refractivity contribution in [1.82, 2.24) is 14.5 Å². The van der Waals surface area contributed by atoms with Crippen LogP contribution in [0.3, 0.4) is 0 Å². The summed E-state index contributed by atoms with van der Waals surface area (Å²) in [6, 6.07) is 5.91. The summed E-state index contributed by atoms with van der Waals surface area (Å²) >= 11 is 3.32. The Morgan fingerprint density at radius 3 is 3.04 bits per heavy atom. The van der Waals surface area contributed by atoms with Gasteiger partial charge in [-0.2, -0.15) is 0 Å². The number of thioether (sulfide) groups is 1. The Balaban J connectivity index is 1.76. The van der Waals surface area contributed by atoms with Gasteiger partial charge in [-0.25, -0.2) is 4.98 Å². The fourth-order valence-corrected chi connectivity index (χ4v) is 5.82. The van der Waals surface area contributed by atoms with Gasteiger partial charge in [-0.3, -0.25) is 14.3 Å². The van der Waals surface area contributed by atoms with Crippen molar-refractivity contribution < 1.29 is 0 Å². The molecular weight excluding hydrogens is 350 g/mol. The quantitative estimate of drug-likeness (QED) is 0.507. The molecule has 3 aromatic heterocycles. The van der Waals surface area contributed by atoms with Crippen LogP contribution in [0.1, 0.15) is 36.4 Å². The monoisotopic (exact) mass is 371 g/mol. The molecule has 0 saturated carbocycles. The average molecular weight is 372 g/mol. The molecular formula is C19H21N3OS2. The first kappa shape index (κ1) is 16.8. The normalized spacial score (nSPS) is 17.0.